The van der Waals surface area contributed by atoms with E-state index in [0.29, 0.717) is 0 Å². The fraction of sp³-hybridized carbons (Fsp3) is 1.00. The van der Waals surface area contributed by atoms with E-state index < -0.39 is 46.5 Å². The summed E-state index contributed by atoms with van der Waals surface area (Å²) in [4.78, 5) is 0. The summed E-state index contributed by atoms with van der Waals surface area (Å²) in [6, 6.07) is 0. The van der Waals surface area contributed by atoms with Crippen molar-refractivity contribution in [1.82, 2.24) is 0 Å². The van der Waals surface area contributed by atoms with Crippen molar-refractivity contribution in [2.24, 2.45) is 5.14 Å². The van der Waals surface area contributed by atoms with Gasteiger partial charge in [-0.05, 0) is 27.7 Å². The van der Waals surface area contributed by atoms with Crippen LogP contribution in [0.3, 0.4) is 0 Å². The van der Waals surface area contributed by atoms with Crippen molar-refractivity contribution in [3.8, 4) is 0 Å². The van der Waals surface area contributed by atoms with E-state index in [1.165, 1.54) is 0 Å². The van der Waals surface area contributed by atoms with Crippen LogP contribution in [0.5, 0.6) is 0 Å². The molecule has 0 aromatic heterocycles. The zero-order valence-electron chi connectivity index (χ0n) is 15.6. The summed E-state index contributed by atoms with van der Waals surface area (Å²) in [7, 11) is -4.14. The molecule has 2 N–H and O–H groups in total. The van der Waals surface area contributed by atoms with Gasteiger partial charge in [0.05, 0.1) is 6.61 Å². The Labute approximate surface area is 154 Å². The Hall–Kier alpha value is 0.436. The van der Waals surface area contributed by atoms with E-state index in [-0.39, 0.29) is 38.6 Å². The van der Waals surface area contributed by atoms with E-state index >= 15 is 0 Å². The van der Waals surface area contributed by atoms with Crippen LogP contribution in [0, 0.1) is 0 Å². The van der Waals surface area contributed by atoms with E-state index in [0.717, 1.165) is 0 Å². The standard InChI is InChI=1S/C12H21NO8S.Mg.2H/c1-10(2)18-7-5-16-12(6-17-22(13,14)15)9(8(7)19-10)20-11(3,4)21-12;;;/h7-9H,5-6H2,1-4H3,(H2,13,14,15);;;/q;+2;2*-1/t7-,8-,9+,12+;;;/m1.../s1. The minimum atomic E-state index is -4.14. The van der Waals surface area contributed by atoms with Crippen LogP contribution in [0.25, 0.3) is 0 Å². The quantitative estimate of drug-likeness (QED) is 0.662. The Morgan fingerprint density at radius 1 is 1.17 bits per heavy atom. The Kier molecular flexibility index (Phi) is 5.16. The van der Waals surface area contributed by atoms with E-state index in [4.69, 9.17) is 33.0 Å². The molecule has 0 bridgehead atoms. The van der Waals surface area contributed by atoms with E-state index in [2.05, 4.69) is 0 Å². The first-order valence-corrected chi connectivity index (χ1v) is 8.43. The maximum Gasteiger partial charge on any atom is 2.00 e. The number of hydrogen-bond acceptors (Lipinski definition) is 8. The molecule has 0 aliphatic carbocycles. The normalized spacial score (nSPS) is 41.0. The van der Waals surface area contributed by atoms with Gasteiger partial charge in [0, 0.05) is 0 Å². The summed E-state index contributed by atoms with van der Waals surface area (Å²) in [5.41, 5.74) is 0. The minimum Gasteiger partial charge on any atom is -1.00 e. The number of fused-ring (bicyclic) bond motifs is 3. The Balaban J connectivity index is 0.00000192. The molecule has 23 heavy (non-hydrogen) atoms. The first-order valence-electron chi connectivity index (χ1n) is 6.96. The molecule has 9 nitrogen and oxygen atoms in total. The summed E-state index contributed by atoms with van der Waals surface area (Å²) < 4.78 is 55.9. The third kappa shape index (κ3) is 3.99. The third-order valence-corrected chi connectivity index (χ3v) is 4.15. The maximum absolute atomic E-state index is 11.1. The summed E-state index contributed by atoms with van der Waals surface area (Å²) >= 11 is 0. The van der Waals surface area contributed by atoms with Crippen LogP contribution < -0.4 is 5.14 Å². The van der Waals surface area contributed by atoms with Crippen molar-refractivity contribution in [2.45, 2.75) is 63.4 Å². The molecule has 0 unspecified atom stereocenters. The predicted molar refractivity (Wildman–Crippen MR) is 79.6 cm³/mol. The van der Waals surface area contributed by atoms with Crippen molar-refractivity contribution in [2.75, 3.05) is 13.2 Å². The summed E-state index contributed by atoms with van der Waals surface area (Å²) in [5.74, 6) is -3.19. The summed E-state index contributed by atoms with van der Waals surface area (Å²) in [6.45, 7) is 6.71. The van der Waals surface area contributed by atoms with Gasteiger partial charge in [-0.25, -0.2) is 5.14 Å². The van der Waals surface area contributed by atoms with Gasteiger partial charge in [0.25, 0.3) is 0 Å². The van der Waals surface area contributed by atoms with Gasteiger partial charge < -0.3 is 26.5 Å². The second kappa shape index (κ2) is 6.00. The molecule has 132 valence electrons. The van der Waals surface area contributed by atoms with Crippen molar-refractivity contribution < 1.29 is 39.1 Å². The van der Waals surface area contributed by atoms with Gasteiger partial charge in [0.15, 0.2) is 11.6 Å². The van der Waals surface area contributed by atoms with E-state index in [9.17, 15) is 8.42 Å². The molecule has 3 aliphatic heterocycles. The largest absolute Gasteiger partial charge is 2.00 e. The molecule has 3 fully saturated rings. The zero-order valence-corrected chi connectivity index (χ0v) is 15.8. The summed E-state index contributed by atoms with van der Waals surface area (Å²) in [5, 5.41) is 4.89. The number of nitrogens with two attached hydrogens (primary N) is 1. The van der Waals surface area contributed by atoms with Crippen molar-refractivity contribution >= 4 is 33.4 Å². The van der Waals surface area contributed by atoms with Crippen LogP contribution in [-0.2, 0) is 38.2 Å². The van der Waals surface area contributed by atoms with E-state index in [1.54, 1.807) is 27.7 Å². The van der Waals surface area contributed by atoms with Gasteiger partial charge in [0.2, 0.25) is 5.79 Å². The number of rotatable bonds is 3. The van der Waals surface area contributed by atoms with Crippen LogP contribution in [0.1, 0.15) is 30.5 Å². The number of ether oxygens (including phenoxy) is 5. The van der Waals surface area contributed by atoms with Crippen LogP contribution in [0.4, 0.5) is 0 Å². The van der Waals surface area contributed by atoms with Gasteiger partial charge in [-0.1, -0.05) is 0 Å². The topological polar surface area (TPSA) is 116 Å². The van der Waals surface area contributed by atoms with Crippen LogP contribution in [-0.4, -0.2) is 80.4 Å². The van der Waals surface area contributed by atoms with Crippen molar-refractivity contribution in [3.63, 3.8) is 0 Å². The van der Waals surface area contributed by atoms with E-state index in [1.807, 2.05) is 0 Å². The molecule has 4 atom stereocenters. The fourth-order valence-corrected chi connectivity index (χ4v) is 3.44. The predicted octanol–water partition coefficient (Wildman–Crippen LogP) is -0.551. The molecular formula is C12H23MgNO8S. The second-order valence-electron chi connectivity index (χ2n) is 6.56. The van der Waals surface area contributed by atoms with Gasteiger partial charge in [0.1, 0.15) is 24.9 Å². The first-order chi connectivity index (χ1) is 9.92. The average Bonchev–Trinajstić information content (AvgIpc) is 2.78. The monoisotopic (exact) mass is 365 g/mol. The molecule has 0 amide bonds. The van der Waals surface area contributed by atoms with Gasteiger partial charge >= 0.3 is 33.4 Å². The SMILES string of the molecule is CC1(C)O[C@@H]2[C@@H](CO[C@@]3(COS(N)(=O)=O)OC(C)(C)O[C@@H]23)O1.[H-].[H-].[Mg+2]. The molecule has 0 aromatic carbocycles. The second-order valence-corrected chi connectivity index (χ2v) is 7.78. The molecule has 0 aromatic rings. The smallest absolute Gasteiger partial charge is 1.00 e. The van der Waals surface area contributed by atoms with Crippen molar-refractivity contribution in [3.05, 3.63) is 0 Å². The van der Waals surface area contributed by atoms with Crippen LogP contribution in [0.15, 0.2) is 0 Å². The molecule has 3 saturated heterocycles. The van der Waals surface area contributed by atoms with Gasteiger partial charge in [-0.15, -0.1) is 0 Å². The average molecular weight is 366 g/mol. The molecule has 3 aliphatic rings. The summed E-state index contributed by atoms with van der Waals surface area (Å²) in [6.07, 6.45) is -1.50. The maximum atomic E-state index is 11.1. The molecule has 11 heteroatoms. The molecule has 3 heterocycles. The third-order valence-electron chi connectivity index (χ3n) is 3.70. The molecule has 0 spiro atoms. The van der Waals surface area contributed by atoms with Gasteiger partial charge in [-0.2, -0.15) is 8.42 Å². The minimum absolute atomic E-state index is 0. The van der Waals surface area contributed by atoms with Crippen LogP contribution in [0.2, 0.25) is 0 Å². The molecule has 0 saturated carbocycles. The Morgan fingerprint density at radius 3 is 2.43 bits per heavy atom. The number of hydrogen-bond donors (Lipinski definition) is 1. The fourth-order valence-electron chi connectivity index (χ4n) is 3.11. The molecule has 0 radical (unpaired) electrons. The zero-order chi connectivity index (χ0) is 16.4. The first kappa shape index (κ1) is 19.8. The van der Waals surface area contributed by atoms with Gasteiger partial charge in [-0.3, -0.25) is 4.18 Å². The Bertz CT molecular complexity index is 577. The van der Waals surface area contributed by atoms with Crippen LogP contribution >= 0.6 is 0 Å². The molecular weight excluding hydrogens is 343 g/mol. The molecule has 3 rings (SSSR count). The van der Waals surface area contributed by atoms with Crippen molar-refractivity contribution in [1.29, 1.82) is 0 Å². The Morgan fingerprint density at radius 2 is 1.83 bits per heavy atom.